The molecule has 1 fully saturated rings. The minimum atomic E-state index is 0.0711. The molecule has 1 aliphatic rings. The maximum absolute atomic E-state index is 10.7. The highest BCUT2D eigenvalue weighted by Crippen LogP contribution is 2.23. The van der Waals surface area contributed by atoms with Crippen molar-refractivity contribution in [1.82, 2.24) is 10.6 Å². The van der Waals surface area contributed by atoms with Crippen molar-refractivity contribution in [2.45, 2.75) is 26.7 Å². The fourth-order valence-electron chi connectivity index (χ4n) is 1.61. The molecule has 0 aromatic heterocycles. The molecule has 0 radical (unpaired) electrons. The van der Waals surface area contributed by atoms with Crippen LogP contribution in [-0.4, -0.2) is 25.5 Å². The van der Waals surface area contributed by atoms with Crippen LogP contribution in [0.5, 0.6) is 0 Å². The lowest BCUT2D eigenvalue weighted by atomic mass is 9.83. The predicted molar refractivity (Wildman–Crippen MR) is 48.9 cm³/mol. The molecule has 0 aromatic rings. The summed E-state index contributed by atoms with van der Waals surface area (Å²) in [6.45, 7) is 6.73. The van der Waals surface area contributed by atoms with E-state index in [1.165, 1.54) is 12.8 Å². The van der Waals surface area contributed by atoms with Crippen LogP contribution < -0.4 is 10.6 Å². The van der Waals surface area contributed by atoms with Crippen molar-refractivity contribution in [1.29, 1.82) is 0 Å². The molecule has 0 aliphatic carbocycles. The Morgan fingerprint density at radius 1 is 1.67 bits per heavy atom. The van der Waals surface area contributed by atoms with E-state index in [1.807, 2.05) is 0 Å². The zero-order valence-electron chi connectivity index (χ0n) is 7.94. The van der Waals surface area contributed by atoms with Gasteiger partial charge in [-0.15, -0.1) is 0 Å². The fraction of sp³-hybridized carbons (Fsp3) is 0.889. The summed E-state index contributed by atoms with van der Waals surface area (Å²) in [6, 6.07) is 0. The molecule has 3 nitrogen and oxygen atoms in total. The van der Waals surface area contributed by atoms with Gasteiger partial charge in [0.15, 0.2) is 0 Å². The first-order valence-electron chi connectivity index (χ1n) is 4.58. The second kappa shape index (κ2) is 3.90. The maximum atomic E-state index is 10.7. The lowest BCUT2D eigenvalue weighted by Gasteiger charge is -2.34. The van der Waals surface area contributed by atoms with E-state index < -0.39 is 0 Å². The van der Waals surface area contributed by atoms with Gasteiger partial charge in [0.05, 0.1) is 0 Å². The van der Waals surface area contributed by atoms with Crippen molar-refractivity contribution in [3.63, 3.8) is 0 Å². The summed E-state index contributed by atoms with van der Waals surface area (Å²) >= 11 is 0. The molecule has 0 bridgehead atoms. The second-order valence-electron chi connectivity index (χ2n) is 4.00. The number of carbonyl (C=O) groups excluding carboxylic acids is 1. The zero-order valence-corrected chi connectivity index (χ0v) is 7.94. The van der Waals surface area contributed by atoms with E-state index >= 15 is 0 Å². The van der Waals surface area contributed by atoms with Gasteiger partial charge in [0.25, 0.3) is 0 Å². The monoisotopic (exact) mass is 170 g/mol. The van der Waals surface area contributed by atoms with Gasteiger partial charge in [0.1, 0.15) is 0 Å². The molecular weight excluding hydrogens is 152 g/mol. The summed E-state index contributed by atoms with van der Waals surface area (Å²) in [5, 5.41) is 6.22. The number of hydrogen-bond acceptors (Lipinski definition) is 2. The summed E-state index contributed by atoms with van der Waals surface area (Å²) in [6.07, 6.45) is 2.43. The standard InChI is InChI=1S/C9H18N2O/c1-8(12)11-7-9(2)4-3-5-10-6-9/h10H,3-7H2,1-2H3,(H,11,12). The number of rotatable bonds is 2. The average Bonchev–Trinajstić information content (AvgIpc) is 2.03. The SMILES string of the molecule is CC(=O)NCC1(C)CCCNC1. The van der Waals surface area contributed by atoms with E-state index in [-0.39, 0.29) is 11.3 Å². The third-order valence-corrected chi connectivity index (χ3v) is 2.45. The maximum Gasteiger partial charge on any atom is 0.216 e. The van der Waals surface area contributed by atoms with E-state index in [0.29, 0.717) is 0 Å². The van der Waals surface area contributed by atoms with Gasteiger partial charge in [-0.1, -0.05) is 6.92 Å². The van der Waals surface area contributed by atoms with Crippen molar-refractivity contribution >= 4 is 5.91 Å². The number of piperidine rings is 1. The Morgan fingerprint density at radius 3 is 2.92 bits per heavy atom. The van der Waals surface area contributed by atoms with Crippen LogP contribution in [0.15, 0.2) is 0 Å². The second-order valence-corrected chi connectivity index (χ2v) is 4.00. The molecule has 12 heavy (non-hydrogen) atoms. The van der Waals surface area contributed by atoms with Gasteiger partial charge in [-0.3, -0.25) is 4.79 Å². The zero-order chi connectivity index (χ0) is 9.03. The summed E-state index contributed by atoms with van der Waals surface area (Å²) in [5.41, 5.74) is 0.268. The predicted octanol–water partition coefficient (Wildman–Crippen LogP) is 0.512. The highest BCUT2D eigenvalue weighted by atomic mass is 16.1. The van der Waals surface area contributed by atoms with Crippen LogP contribution in [-0.2, 0) is 4.79 Å². The van der Waals surface area contributed by atoms with Crippen LogP contribution in [0.1, 0.15) is 26.7 Å². The molecule has 1 amide bonds. The van der Waals surface area contributed by atoms with E-state index in [2.05, 4.69) is 17.6 Å². The molecule has 0 saturated carbocycles. The van der Waals surface area contributed by atoms with Crippen molar-refractivity contribution in [2.75, 3.05) is 19.6 Å². The van der Waals surface area contributed by atoms with E-state index in [1.54, 1.807) is 6.92 Å². The smallest absolute Gasteiger partial charge is 0.216 e. The van der Waals surface area contributed by atoms with Crippen molar-refractivity contribution in [3.8, 4) is 0 Å². The Labute approximate surface area is 73.9 Å². The number of amides is 1. The molecule has 70 valence electrons. The molecule has 2 N–H and O–H groups in total. The van der Waals surface area contributed by atoms with Crippen LogP contribution in [0.3, 0.4) is 0 Å². The summed E-state index contributed by atoms with van der Waals surface area (Å²) < 4.78 is 0. The summed E-state index contributed by atoms with van der Waals surface area (Å²) in [7, 11) is 0. The summed E-state index contributed by atoms with van der Waals surface area (Å²) in [5.74, 6) is 0.0711. The highest BCUT2D eigenvalue weighted by molar-refractivity contribution is 5.72. The lowest BCUT2D eigenvalue weighted by Crippen LogP contribution is -2.45. The Morgan fingerprint density at radius 2 is 2.42 bits per heavy atom. The molecule has 3 heteroatoms. The Balaban J connectivity index is 2.31. The first-order valence-corrected chi connectivity index (χ1v) is 4.58. The molecule has 1 heterocycles. The topological polar surface area (TPSA) is 41.1 Å². The number of carbonyl (C=O) groups is 1. The first-order chi connectivity index (χ1) is 5.62. The van der Waals surface area contributed by atoms with Gasteiger partial charge < -0.3 is 10.6 Å². The largest absolute Gasteiger partial charge is 0.356 e. The van der Waals surface area contributed by atoms with Crippen LogP contribution in [0, 0.1) is 5.41 Å². The van der Waals surface area contributed by atoms with Crippen molar-refractivity contribution in [3.05, 3.63) is 0 Å². The summed E-state index contributed by atoms with van der Waals surface area (Å²) in [4.78, 5) is 10.7. The van der Waals surface area contributed by atoms with Gasteiger partial charge in [-0.05, 0) is 24.8 Å². The first kappa shape index (κ1) is 9.52. The third-order valence-electron chi connectivity index (χ3n) is 2.45. The van der Waals surface area contributed by atoms with Crippen molar-refractivity contribution < 1.29 is 4.79 Å². The molecule has 0 spiro atoms. The highest BCUT2D eigenvalue weighted by Gasteiger charge is 2.26. The Bertz CT molecular complexity index is 162. The van der Waals surface area contributed by atoms with Gasteiger partial charge >= 0.3 is 0 Å². The fourth-order valence-corrected chi connectivity index (χ4v) is 1.61. The Hall–Kier alpha value is -0.570. The van der Waals surface area contributed by atoms with Gasteiger partial charge in [-0.25, -0.2) is 0 Å². The molecule has 0 aromatic carbocycles. The number of nitrogens with one attached hydrogen (secondary N) is 2. The van der Waals surface area contributed by atoms with Crippen molar-refractivity contribution in [2.24, 2.45) is 5.41 Å². The van der Waals surface area contributed by atoms with Gasteiger partial charge in [0.2, 0.25) is 5.91 Å². The average molecular weight is 170 g/mol. The molecular formula is C9H18N2O. The van der Waals surface area contributed by atoms with Gasteiger partial charge in [-0.2, -0.15) is 0 Å². The third kappa shape index (κ3) is 2.81. The van der Waals surface area contributed by atoms with E-state index in [0.717, 1.165) is 19.6 Å². The normalized spacial score (nSPS) is 29.8. The van der Waals surface area contributed by atoms with Crippen LogP contribution in [0.4, 0.5) is 0 Å². The van der Waals surface area contributed by atoms with Crippen LogP contribution >= 0.6 is 0 Å². The number of hydrogen-bond donors (Lipinski definition) is 2. The minimum Gasteiger partial charge on any atom is -0.356 e. The van der Waals surface area contributed by atoms with Crippen LogP contribution in [0.25, 0.3) is 0 Å². The lowest BCUT2D eigenvalue weighted by molar-refractivity contribution is -0.119. The van der Waals surface area contributed by atoms with Crippen LogP contribution in [0.2, 0.25) is 0 Å². The Kier molecular flexibility index (Phi) is 3.09. The molecule has 1 saturated heterocycles. The molecule has 1 unspecified atom stereocenters. The van der Waals surface area contributed by atoms with Gasteiger partial charge in [0, 0.05) is 20.0 Å². The molecule has 1 aliphatic heterocycles. The molecule has 1 atom stereocenters. The molecule has 1 rings (SSSR count). The quantitative estimate of drug-likeness (QED) is 0.634. The van der Waals surface area contributed by atoms with E-state index in [9.17, 15) is 4.79 Å². The van der Waals surface area contributed by atoms with E-state index in [4.69, 9.17) is 0 Å². The minimum absolute atomic E-state index is 0.0711.